The van der Waals surface area contributed by atoms with Crippen molar-refractivity contribution in [3.05, 3.63) is 140 Å². The van der Waals surface area contributed by atoms with Gasteiger partial charge in [-0.3, -0.25) is 0 Å². The number of ether oxygens (including phenoxy) is 2. The number of hydrogen-bond donors (Lipinski definition) is 0. The maximum atomic E-state index is 6.20. The fourth-order valence-electron chi connectivity index (χ4n) is 5.07. The molecule has 4 aromatic carbocycles. The Labute approximate surface area is 247 Å². The van der Waals surface area contributed by atoms with Gasteiger partial charge in [0.2, 0.25) is 6.71 Å². The summed E-state index contributed by atoms with van der Waals surface area (Å²) in [6.45, 7) is 0.0713. The third-order valence-corrected chi connectivity index (χ3v) is 6.83. The molecule has 2 aliphatic rings. The number of rotatable bonds is 2. The first kappa shape index (κ1) is 25.8. The van der Waals surface area contributed by atoms with Crippen LogP contribution in [0, 0.1) is 12.1 Å². The molecule has 0 atom stereocenters. The minimum Gasteiger partial charge on any atom is -0.503 e. The van der Waals surface area contributed by atoms with Gasteiger partial charge in [-0.25, -0.2) is 0 Å². The minimum atomic E-state index is 0. The summed E-state index contributed by atoms with van der Waals surface area (Å²) in [4.78, 5) is 8.69. The Morgan fingerprint density at radius 3 is 1.90 bits per heavy atom. The zero-order chi connectivity index (χ0) is 26.0. The van der Waals surface area contributed by atoms with Crippen molar-refractivity contribution in [3.8, 4) is 45.5 Å². The average molecular weight is 693 g/mol. The van der Waals surface area contributed by atoms with Gasteiger partial charge in [0, 0.05) is 43.7 Å². The third kappa shape index (κ3) is 4.84. The monoisotopic (exact) mass is 693 g/mol. The molecule has 2 aliphatic heterocycles. The predicted molar refractivity (Wildman–Crippen MR) is 155 cm³/mol. The van der Waals surface area contributed by atoms with Crippen LogP contribution in [0.25, 0.3) is 22.5 Å². The van der Waals surface area contributed by atoms with E-state index in [9.17, 15) is 0 Å². The first-order valence-corrected chi connectivity index (χ1v) is 12.8. The van der Waals surface area contributed by atoms with Gasteiger partial charge in [-0.15, -0.1) is 65.1 Å². The fraction of sp³-hybridized carbons (Fsp3) is 0. The van der Waals surface area contributed by atoms with Crippen LogP contribution < -0.4 is 25.9 Å². The largest absolute Gasteiger partial charge is 0.503 e. The Morgan fingerprint density at radius 1 is 0.550 bits per heavy atom. The quantitative estimate of drug-likeness (QED) is 0.169. The van der Waals surface area contributed by atoms with Gasteiger partial charge in [0.1, 0.15) is 17.2 Å². The van der Waals surface area contributed by atoms with Crippen LogP contribution in [0.3, 0.4) is 0 Å². The second-order valence-electron chi connectivity index (χ2n) is 9.22. The van der Waals surface area contributed by atoms with E-state index in [2.05, 4.69) is 40.3 Å². The van der Waals surface area contributed by atoms with Crippen LogP contribution in [0.1, 0.15) is 0 Å². The molecule has 2 aromatic heterocycles. The summed E-state index contributed by atoms with van der Waals surface area (Å²) in [6, 6.07) is 44.3. The molecule has 0 unspecified atom stereocenters. The zero-order valence-electron chi connectivity index (χ0n) is 21.2. The molecule has 4 nitrogen and oxygen atoms in total. The molecule has 0 saturated carbocycles. The van der Waals surface area contributed by atoms with Crippen LogP contribution in [0.2, 0.25) is 0 Å². The molecule has 8 rings (SSSR count). The summed E-state index contributed by atoms with van der Waals surface area (Å²) in [5.74, 6) is 3.43. The van der Waals surface area contributed by atoms with Gasteiger partial charge in [0.05, 0.1) is 0 Å². The molecule has 0 aliphatic carbocycles. The van der Waals surface area contributed by atoms with Gasteiger partial charge in [0.25, 0.3) is 0 Å². The molecule has 6 aromatic rings. The maximum absolute atomic E-state index is 6.20. The first-order valence-electron chi connectivity index (χ1n) is 12.8. The van der Waals surface area contributed by atoms with E-state index in [0.717, 1.165) is 61.9 Å². The summed E-state index contributed by atoms with van der Waals surface area (Å²) in [7, 11) is 0. The topological polar surface area (TPSA) is 44.2 Å². The first-order chi connectivity index (χ1) is 19.3. The molecule has 1 radical (unpaired) electrons. The number of aromatic nitrogens is 2. The molecule has 0 amide bonds. The number of nitrogens with zero attached hydrogens (tertiary/aromatic N) is 2. The summed E-state index contributed by atoms with van der Waals surface area (Å²) >= 11 is 0. The second kappa shape index (κ2) is 11.3. The standard InChI is InChI=1S/C23H13BNO2.C11H8N.Ir/c1-2-8-19-16(6-1)24-17-14-15(18-7-3-4-13-25-18)11-12-20(17)27-22-10-5-9-21(26-19)23(22)24;1-2-6-10(7-3-1)11-8-4-5-9-12-11;/h1-10,12-14H;1-6,8-9H;/q2*-1;. The van der Waals surface area contributed by atoms with Crippen LogP contribution in [-0.2, 0) is 20.1 Å². The zero-order valence-corrected chi connectivity index (χ0v) is 23.6. The smallest absolute Gasteiger partial charge is 0.241 e. The Morgan fingerprint density at radius 2 is 1.20 bits per heavy atom. The molecule has 0 spiro atoms. The van der Waals surface area contributed by atoms with E-state index in [-0.39, 0.29) is 26.8 Å². The van der Waals surface area contributed by atoms with Crippen molar-refractivity contribution in [2.45, 2.75) is 0 Å². The van der Waals surface area contributed by atoms with E-state index >= 15 is 0 Å². The Balaban J connectivity index is 0.000000188. The van der Waals surface area contributed by atoms with Crippen LogP contribution in [0.4, 0.5) is 0 Å². The molecule has 0 N–H and O–H groups in total. The second-order valence-corrected chi connectivity index (χ2v) is 9.22. The molecule has 0 saturated heterocycles. The van der Waals surface area contributed by atoms with Gasteiger partial charge in [-0.2, -0.15) is 0 Å². The van der Waals surface area contributed by atoms with Crippen molar-refractivity contribution in [2.75, 3.05) is 0 Å². The van der Waals surface area contributed by atoms with Crippen molar-refractivity contribution in [1.29, 1.82) is 0 Å². The molecule has 0 bridgehead atoms. The van der Waals surface area contributed by atoms with Crippen LogP contribution >= 0.6 is 0 Å². The number of para-hydroxylation sites is 1. The summed E-state index contributed by atoms with van der Waals surface area (Å²) in [6.07, 6.45) is 3.59. The Bertz CT molecular complexity index is 1710. The molecule has 193 valence electrons. The van der Waals surface area contributed by atoms with E-state index in [1.807, 2.05) is 97.1 Å². The van der Waals surface area contributed by atoms with Crippen LogP contribution in [0.5, 0.6) is 23.0 Å². The Hall–Kier alpha value is -4.51. The summed E-state index contributed by atoms with van der Waals surface area (Å²) in [5.41, 5.74) is 7.23. The minimum absolute atomic E-state index is 0. The molecular weight excluding hydrogens is 671 g/mol. The van der Waals surface area contributed by atoms with Gasteiger partial charge in [0.15, 0.2) is 0 Å². The van der Waals surface area contributed by atoms with Gasteiger partial charge >= 0.3 is 0 Å². The Kier molecular flexibility index (Phi) is 7.28. The third-order valence-electron chi connectivity index (χ3n) is 6.83. The fourth-order valence-corrected chi connectivity index (χ4v) is 5.07. The van der Waals surface area contributed by atoms with Crippen molar-refractivity contribution in [2.24, 2.45) is 0 Å². The molecule has 0 fully saturated rings. The van der Waals surface area contributed by atoms with Gasteiger partial charge < -0.3 is 19.4 Å². The van der Waals surface area contributed by atoms with E-state index in [4.69, 9.17) is 9.47 Å². The molecule has 6 heteroatoms. The van der Waals surface area contributed by atoms with Crippen LogP contribution in [-0.4, -0.2) is 16.7 Å². The van der Waals surface area contributed by atoms with E-state index in [0.29, 0.717) is 0 Å². The van der Waals surface area contributed by atoms with Gasteiger partial charge in [-0.05, 0) is 47.2 Å². The van der Waals surface area contributed by atoms with Crippen molar-refractivity contribution in [1.82, 2.24) is 9.97 Å². The van der Waals surface area contributed by atoms with Gasteiger partial charge in [-0.1, -0.05) is 48.5 Å². The SMILES string of the molecule is [Ir].[c-]1cc2c(cc1-c1ccccn1)B1c3ccccc3Oc3cccc(c31)O2.[c-]1ccccc1-c1ccccn1. The number of pyridine rings is 2. The van der Waals surface area contributed by atoms with Crippen molar-refractivity contribution in [3.63, 3.8) is 0 Å². The molecule has 4 heterocycles. The number of benzene rings is 4. The maximum Gasteiger partial charge on any atom is 0.241 e. The summed E-state index contributed by atoms with van der Waals surface area (Å²) < 4.78 is 12.4. The number of hydrogen-bond acceptors (Lipinski definition) is 4. The van der Waals surface area contributed by atoms with Crippen molar-refractivity contribution >= 4 is 23.1 Å². The summed E-state index contributed by atoms with van der Waals surface area (Å²) in [5, 5.41) is 0. The molecule has 40 heavy (non-hydrogen) atoms. The molecular formula is C34H21BIrN2O2-2. The van der Waals surface area contributed by atoms with E-state index in [1.54, 1.807) is 12.4 Å². The van der Waals surface area contributed by atoms with Crippen LogP contribution in [0.15, 0.2) is 128 Å². The van der Waals surface area contributed by atoms with Crippen molar-refractivity contribution < 1.29 is 29.6 Å². The predicted octanol–water partition coefficient (Wildman–Crippen LogP) is 5.82. The van der Waals surface area contributed by atoms with E-state index in [1.165, 1.54) is 0 Å². The average Bonchev–Trinajstić information content (AvgIpc) is 3.02. The number of fused-ring (bicyclic) bond motifs is 4. The van der Waals surface area contributed by atoms with E-state index < -0.39 is 0 Å². The normalized spacial score (nSPS) is 11.7.